The fourth-order valence-electron chi connectivity index (χ4n) is 1.95. The summed E-state index contributed by atoms with van der Waals surface area (Å²) in [5.41, 5.74) is 8.35. The molecule has 0 atom stereocenters. The predicted octanol–water partition coefficient (Wildman–Crippen LogP) is 3.25. The molecule has 0 amide bonds. The molecule has 21 heavy (non-hydrogen) atoms. The summed E-state index contributed by atoms with van der Waals surface area (Å²) in [6, 6.07) is 11.6. The molecule has 0 aliphatic carbocycles. The maximum absolute atomic E-state index is 5.99. The van der Waals surface area contributed by atoms with Gasteiger partial charge in [0.25, 0.3) is 0 Å². The second-order valence-corrected chi connectivity index (χ2v) is 5.24. The second kappa shape index (κ2) is 5.57. The van der Waals surface area contributed by atoms with Gasteiger partial charge in [0.2, 0.25) is 0 Å². The van der Waals surface area contributed by atoms with E-state index in [4.69, 9.17) is 5.73 Å². The summed E-state index contributed by atoms with van der Waals surface area (Å²) in [7, 11) is 0. The Bertz CT molecular complexity index is 789. The SMILES string of the molecule is Cc1nccc(-c2nc(N)c(Br)c(-c3ccccc3)n2)n1. The van der Waals surface area contributed by atoms with Gasteiger partial charge in [0, 0.05) is 11.8 Å². The molecule has 0 aliphatic rings. The van der Waals surface area contributed by atoms with E-state index in [2.05, 4.69) is 35.9 Å². The van der Waals surface area contributed by atoms with Crippen molar-refractivity contribution in [1.82, 2.24) is 19.9 Å². The average Bonchev–Trinajstić information content (AvgIpc) is 2.51. The molecule has 0 bridgehead atoms. The van der Waals surface area contributed by atoms with Crippen LogP contribution in [0.5, 0.6) is 0 Å². The minimum absolute atomic E-state index is 0.384. The Labute approximate surface area is 130 Å². The van der Waals surface area contributed by atoms with Gasteiger partial charge in [-0.1, -0.05) is 30.3 Å². The number of halogens is 1. The largest absolute Gasteiger partial charge is 0.383 e. The summed E-state index contributed by atoms with van der Waals surface area (Å²) in [6.07, 6.45) is 1.68. The minimum Gasteiger partial charge on any atom is -0.383 e. The third-order valence-corrected chi connectivity index (χ3v) is 3.71. The number of rotatable bonds is 2. The van der Waals surface area contributed by atoms with E-state index in [0.717, 1.165) is 11.3 Å². The van der Waals surface area contributed by atoms with Crippen molar-refractivity contribution in [3.05, 3.63) is 52.9 Å². The Morgan fingerprint density at radius 1 is 1.00 bits per heavy atom. The van der Waals surface area contributed by atoms with Crippen LogP contribution in [0.25, 0.3) is 22.8 Å². The molecule has 2 aromatic heterocycles. The number of hydrogen-bond acceptors (Lipinski definition) is 5. The zero-order chi connectivity index (χ0) is 14.8. The van der Waals surface area contributed by atoms with E-state index >= 15 is 0 Å². The van der Waals surface area contributed by atoms with Gasteiger partial charge in [0.05, 0.1) is 10.2 Å². The Kier molecular flexibility index (Phi) is 3.62. The van der Waals surface area contributed by atoms with Crippen molar-refractivity contribution in [1.29, 1.82) is 0 Å². The van der Waals surface area contributed by atoms with Crippen molar-refractivity contribution < 1.29 is 0 Å². The van der Waals surface area contributed by atoms with Gasteiger partial charge >= 0.3 is 0 Å². The van der Waals surface area contributed by atoms with Gasteiger partial charge in [-0.05, 0) is 28.9 Å². The Morgan fingerprint density at radius 3 is 2.48 bits per heavy atom. The maximum atomic E-state index is 5.99. The summed E-state index contributed by atoms with van der Waals surface area (Å²) in [6.45, 7) is 1.82. The molecule has 6 heteroatoms. The fourth-order valence-corrected chi connectivity index (χ4v) is 2.35. The number of aromatic nitrogens is 4. The third kappa shape index (κ3) is 2.75. The molecule has 0 fully saturated rings. The van der Waals surface area contributed by atoms with Crippen molar-refractivity contribution in [2.24, 2.45) is 0 Å². The molecule has 0 aliphatic heterocycles. The first-order chi connectivity index (χ1) is 10.1. The van der Waals surface area contributed by atoms with E-state index in [9.17, 15) is 0 Å². The lowest BCUT2D eigenvalue weighted by molar-refractivity contribution is 1.03. The first-order valence-corrected chi connectivity index (χ1v) is 7.13. The van der Waals surface area contributed by atoms with Gasteiger partial charge in [-0.2, -0.15) is 0 Å². The van der Waals surface area contributed by atoms with Crippen LogP contribution >= 0.6 is 15.9 Å². The van der Waals surface area contributed by atoms with Crippen LogP contribution in [0.15, 0.2) is 47.1 Å². The van der Waals surface area contributed by atoms with Gasteiger partial charge < -0.3 is 5.73 Å². The van der Waals surface area contributed by atoms with Crippen molar-refractivity contribution in [3.63, 3.8) is 0 Å². The molecule has 0 spiro atoms. The third-order valence-electron chi connectivity index (χ3n) is 2.93. The molecule has 1 aromatic carbocycles. The summed E-state index contributed by atoms with van der Waals surface area (Å²) in [4.78, 5) is 17.3. The number of anilines is 1. The molecular weight excluding hydrogens is 330 g/mol. The fraction of sp³-hybridized carbons (Fsp3) is 0.0667. The minimum atomic E-state index is 0.384. The van der Waals surface area contributed by atoms with Crippen LogP contribution in [0.4, 0.5) is 5.82 Å². The zero-order valence-electron chi connectivity index (χ0n) is 11.3. The highest BCUT2D eigenvalue weighted by Crippen LogP contribution is 2.31. The Morgan fingerprint density at radius 2 is 1.76 bits per heavy atom. The Balaban J connectivity index is 2.19. The van der Waals surface area contributed by atoms with Crippen LogP contribution < -0.4 is 5.73 Å². The monoisotopic (exact) mass is 341 g/mol. The maximum Gasteiger partial charge on any atom is 0.180 e. The number of nitrogens with two attached hydrogens (primary N) is 1. The quantitative estimate of drug-likeness (QED) is 0.773. The molecule has 3 rings (SSSR count). The number of nitrogens with zero attached hydrogens (tertiary/aromatic N) is 4. The van der Waals surface area contributed by atoms with E-state index in [1.54, 1.807) is 12.3 Å². The van der Waals surface area contributed by atoms with Gasteiger partial charge in [0.15, 0.2) is 5.82 Å². The predicted molar refractivity (Wildman–Crippen MR) is 85.3 cm³/mol. The van der Waals surface area contributed by atoms with Crippen molar-refractivity contribution in [2.45, 2.75) is 6.92 Å². The van der Waals surface area contributed by atoms with Crippen molar-refractivity contribution in [2.75, 3.05) is 5.73 Å². The zero-order valence-corrected chi connectivity index (χ0v) is 12.9. The highest BCUT2D eigenvalue weighted by molar-refractivity contribution is 9.10. The highest BCUT2D eigenvalue weighted by Gasteiger charge is 2.14. The van der Waals surface area contributed by atoms with Gasteiger partial charge in [-0.15, -0.1) is 0 Å². The van der Waals surface area contributed by atoms with Gasteiger partial charge in [-0.25, -0.2) is 19.9 Å². The van der Waals surface area contributed by atoms with Crippen LogP contribution in [0.3, 0.4) is 0 Å². The summed E-state index contributed by atoms with van der Waals surface area (Å²) in [5.74, 6) is 1.54. The lowest BCUT2D eigenvalue weighted by Gasteiger charge is -2.09. The molecule has 2 N–H and O–H groups in total. The van der Waals surface area contributed by atoms with Gasteiger partial charge in [0.1, 0.15) is 17.3 Å². The lowest BCUT2D eigenvalue weighted by atomic mass is 10.1. The topological polar surface area (TPSA) is 77.6 Å². The van der Waals surface area contributed by atoms with Crippen molar-refractivity contribution in [3.8, 4) is 22.8 Å². The number of benzene rings is 1. The first kappa shape index (κ1) is 13.6. The summed E-state index contributed by atoms with van der Waals surface area (Å²) in [5, 5.41) is 0. The molecule has 0 radical (unpaired) electrons. The van der Waals surface area contributed by atoms with Crippen LogP contribution in [0.1, 0.15) is 5.82 Å². The smallest absolute Gasteiger partial charge is 0.180 e. The molecule has 5 nitrogen and oxygen atoms in total. The summed E-state index contributed by atoms with van der Waals surface area (Å²) >= 11 is 3.46. The van der Waals surface area contributed by atoms with Crippen molar-refractivity contribution >= 4 is 21.7 Å². The molecule has 3 aromatic rings. The summed E-state index contributed by atoms with van der Waals surface area (Å²) < 4.78 is 0.684. The van der Waals surface area contributed by atoms with Crippen LogP contribution in [0, 0.1) is 6.92 Å². The van der Waals surface area contributed by atoms with E-state index in [-0.39, 0.29) is 0 Å². The van der Waals surface area contributed by atoms with E-state index < -0.39 is 0 Å². The second-order valence-electron chi connectivity index (χ2n) is 4.45. The van der Waals surface area contributed by atoms with Crippen LogP contribution in [-0.2, 0) is 0 Å². The van der Waals surface area contributed by atoms with Crippen LogP contribution in [-0.4, -0.2) is 19.9 Å². The normalized spacial score (nSPS) is 10.6. The van der Waals surface area contributed by atoms with Gasteiger partial charge in [-0.3, -0.25) is 0 Å². The molecule has 2 heterocycles. The van der Waals surface area contributed by atoms with E-state index in [1.807, 2.05) is 37.3 Å². The average molecular weight is 342 g/mol. The highest BCUT2D eigenvalue weighted by atomic mass is 79.9. The first-order valence-electron chi connectivity index (χ1n) is 6.33. The molecule has 0 saturated heterocycles. The number of aryl methyl sites for hydroxylation is 1. The number of hydrogen-bond donors (Lipinski definition) is 1. The molecule has 104 valence electrons. The standard InChI is InChI=1S/C15H12BrN5/c1-9-18-8-7-11(19-9)15-20-13(12(16)14(17)21-15)10-5-3-2-4-6-10/h2-8H,1H3,(H2,17,20,21). The molecule has 0 unspecified atom stereocenters. The van der Waals surface area contributed by atoms with E-state index in [1.165, 1.54) is 0 Å². The molecular formula is C15H12BrN5. The van der Waals surface area contributed by atoms with Crippen LogP contribution in [0.2, 0.25) is 0 Å². The number of nitrogen functional groups attached to an aromatic ring is 1. The molecule has 0 saturated carbocycles. The lowest BCUT2D eigenvalue weighted by Crippen LogP contribution is -2.02. The van der Waals surface area contributed by atoms with E-state index in [0.29, 0.717) is 27.6 Å². The Hall–Kier alpha value is -2.34.